The maximum Gasteiger partial charge on any atom is 0.250 e. The lowest BCUT2D eigenvalue weighted by Gasteiger charge is -2.38. The first-order chi connectivity index (χ1) is 17.3. The minimum Gasteiger partial charge on any atom is -0.497 e. The van der Waals surface area contributed by atoms with Crippen molar-refractivity contribution in [1.29, 1.82) is 0 Å². The third kappa shape index (κ3) is 2.87. The van der Waals surface area contributed by atoms with Crippen LogP contribution in [0.5, 0.6) is 5.75 Å². The van der Waals surface area contributed by atoms with Gasteiger partial charge in [0.25, 0.3) is 0 Å². The Hall–Kier alpha value is -3.68. The van der Waals surface area contributed by atoms with Gasteiger partial charge in [-0.1, -0.05) is 41.9 Å². The van der Waals surface area contributed by atoms with Crippen LogP contribution < -0.4 is 15.0 Å². The molecule has 182 valence electrons. The molecule has 8 heteroatoms. The van der Waals surface area contributed by atoms with Crippen LogP contribution in [0, 0.1) is 5.41 Å². The Balaban J connectivity index is 1.56. The van der Waals surface area contributed by atoms with Crippen molar-refractivity contribution in [3.05, 3.63) is 88.9 Å². The molecule has 1 N–H and O–H groups in total. The molecule has 3 heterocycles. The van der Waals surface area contributed by atoms with Gasteiger partial charge in [0.15, 0.2) is 0 Å². The maximum absolute atomic E-state index is 14.3. The molecule has 36 heavy (non-hydrogen) atoms. The summed E-state index contributed by atoms with van der Waals surface area (Å²) in [5.41, 5.74) is 0.488. The average Bonchev–Trinajstić information content (AvgIpc) is 3.41. The summed E-state index contributed by atoms with van der Waals surface area (Å²) in [4.78, 5) is 44.9. The largest absolute Gasteiger partial charge is 0.497 e. The molecular formula is C28H24ClN3O4. The summed E-state index contributed by atoms with van der Waals surface area (Å²) in [6, 6.07) is 21.7. The van der Waals surface area contributed by atoms with Crippen LogP contribution in [-0.2, 0) is 19.9 Å². The summed E-state index contributed by atoms with van der Waals surface area (Å²) >= 11 is 6.21. The Labute approximate surface area is 213 Å². The van der Waals surface area contributed by atoms with E-state index in [2.05, 4.69) is 5.32 Å². The molecule has 2 saturated heterocycles. The molecule has 0 saturated carbocycles. The molecule has 3 aliphatic rings. The van der Waals surface area contributed by atoms with E-state index in [-0.39, 0.29) is 30.7 Å². The quantitative estimate of drug-likeness (QED) is 0.545. The molecule has 2 spiro atoms. The third-order valence-corrected chi connectivity index (χ3v) is 8.15. The highest BCUT2D eigenvalue weighted by atomic mass is 35.5. The highest BCUT2D eigenvalue weighted by molar-refractivity contribution is 6.30. The van der Waals surface area contributed by atoms with E-state index in [1.54, 1.807) is 43.5 Å². The molecule has 2 fully saturated rings. The van der Waals surface area contributed by atoms with E-state index in [1.807, 2.05) is 48.3 Å². The van der Waals surface area contributed by atoms with Gasteiger partial charge in [0.2, 0.25) is 17.7 Å². The molecule has 7 nitrogen and oxygen atoms in total. The SMILES string of the molecule is COc1ccc(N2C(=O)C[C@]3(CN(C)[C@@]4(C(=O)Nc5ccccc54)[C@H]3c3ccc(Cl)cc3)C2=O)cc1. The Bertz CT molecular complexity index is 1410. The number of methoxy groups -OCH3 is 1. The molecule has 3 aromatic rings. The van der Waals surface area contributed by atoms with Gasteiger partial charge >= 0.3 is 0 Å². The Morgan fingerprint density at radius 3 is 2.36 bits per heavy atom. The highest BCUT2D eigenvalue weighted by Gasteiger charge is 2.73. The smallest absolute Gasteiger partial charge is 0.250 e. The van der Waals surface area contributed by atoms with Crippen molar-refractivity contribution in [3.63, 3.8) is 0 Å². The summed E-state index contributed by atoms with van der Waals surface area (Å²) in [5.74, 6) is -0.785. The molecule has 6 rings (SSSR count). The Morgan fingerprint density at radius 1 is 0.972 bits per heavy atom. The number of carbonyl (C=O) groups excluding carboxylic acids is 3. The van der Waals surface area contributed by atoms with Crippen molar-refractivity contribution in [2.75, 3.05) is 30.9 Å². The zero-order chi connectivity index (χ0) is 25.2. The number of hydrogen-bond acceptors (Lipinski definition) is 5. The number of imide groups is 1. The number of hydrogen-bond donors (Lipinski definition) is 1. The highest BCUT2D eigenvalue weighted by Crippen LogP contribution is 2.64. The summed E-state index contributed by atoms with van der Waals surface area (Å²) in [6.45, 7) is 0.249. The van der Waals surface area contributed by atoms with Crippen molar-refractivity contribution < 1.29 is 19.1 Å². The molecule has 0 aromatic heterocycles. The molecule has 3 atom stereocenters. The van der Waals surface area contributed by atoms with Gasteiger partial charge in [-0.25, -0.2) is 4.90 Å². The van der Waals surface area contributed by atoms with E-state index in [9.17, 15) is 14.4 Å². The molecule has 0 unspecified atom stereocenters. The fraction of sp³-hybridized carbons (Fsp3) is 0.250. The lowest BCUT2D eigenvalue weighted by atomic mass is 9.64. The molecule has 0 aliphatic carbocycles. The lowest BCUT2D eigenvalue weighted by molar-refractivity contribution is -0.127. The van der Waals surface area contributed by atoms with Gasteiger partial charge in [-0.05, 0) is 55.1 Å². The number of para-hydroxylation sites is 1. The van der Waals surface area contributed by atoms with Crippen LogP contribution in [0.25, 0.3) is 0 Å². The van der Waals surface area contributed by atoms with Gasteiger partial charge in [0.05, 0.1) is 18.2 Å². The zero-order valence-electron chi connectivity index (χ0n) is 19.8. The number of likely N-dealkylation sites (tertiary alicyclic amines) is 1. The van der Waals surface area contributed by atoms with Crippen molar-refractivity contribution >= 4 is 40.7 Å². The second-order valence-electron chi connectivity index (χ2n) is 9.67. The van der Waals surface area contributed by atoms with Crippen molar-refractivity contribution in [1.82, 2.24) is 4.90 Å². The van der Waals surface area contributed by atoms with E-state index in [1.165, 1.54) is 4.90 Å². The van der Waals surface area contributed by atoms with Crippen LogP contribution in [-0.4, -0.2) is 43.3 Å². The molecule has 0 radical (unpaired) electrons. The number of benzene rings is 3. The minimum absolute atomic E-state index is 0.00725. The monoisotopic (exact) mass is 501 g/mol. The summed E-state index contributed by atoms with van der Waals surface area (Å²) in [7, 11) is 3.41. The van der Waals surface area contributed by atoms with E-state index >= 15 is 0 Å². The number of ether oxygens (including phenoxy) is 1. The fourth-order valence-corrected chi connectivity index (χ4v) is 6.63. The number of nitrogens with zero attached hydrogens (tertiary/aromatic N) is 2. The van der Waals surface area contributed by atoms with Crippen LogP contribution in [0.4, 0.5) is 11.4 Å². The van der Waals surface area contributed by atoms with E-state index in [4.69, 9.17) is 16.3 Å². The van der Waals surface area contributed by atoms with Gasteiger partial charge in [-0.2, -0.15) is 0 Å². The summed E-state index contributed by atoms with van der Waals surface area (Å²) < 4.78 is 5.24. The second kappa shape index (κ2) is 7.91. The second-order valence-corrected chi connectivity index (χ2v) is 10.1. The number of fused-ring (bicyclic) bond motifs is 2. The van der Waals surface area contributed by atoms with E-state index in [0.29, 0.717) is 22.1 Å². The zero-order valence-corrected chi connectivity index (χ0v) is 20.6. The molecule has 0 bridgehead atoms. The average molecular weight is 502 g/mol. The number of likely N-dealkylation sites (N-methyl/N-ethyl adjacent to an activating group) is 1. The van der Waals surface area contributed by atoms with Gasteiger partial charge in [0.1, 0.15) is 11.3 Å². The van der Waals surface area contributed by atoms with Crippen LogP contribution in [0.15, 0.2) is 72.8 Å². The number of amides is 3. The molecule has 3 aromatic carbocycles. The van der Waals surface area contributed by atoms with Crippen LogP contribution >= 0.6 is 11.6 Å². The first kappa shape index (κ1) is 22.8. The first-order valence-corrected chi connectivity index (χ1v) is 12.1. The van der Waals surface area contributed by atoms with Crippen molar-refractivity contribution in [2.45, 2.75) is 17.9 Å². The fourth-order valence-electron chi connectivity index (χ4n) is 6.51. The first-order valence-electron chi connectivity index (χ1n) is 11.7. The van der Waals surface area contributed by atoms with Crippen LogP contribution in [0.3, 0.4) is 0 Å². The normalized spacial score (nSPS) is 27.2. The standard InChI is InChI=1S/C28H24ClN3O4/c1-31-16-27(15-23(33)32(26(27)35)19-11-13-20(36-2)14-12-19)24(17-7-9-18(29)10-8-17)28(31)21-5-3-4-6-22(21)30-25(28)34/h3-14,24H,15-16H2,1-2H3,(H,30,34)/t24-,27+,28+/m0/s1. The lowest BCUT2D eigenvalue weighted by Crippen LogP contribution is -2.49. The van der Waals surface area contributed by atoms with Gasteiger partial charge < -0.3 is 10.1 Å². The maximum atomic E-state index is 14.3. The van der Waals surface area contributed by atoms with Gasteiger partial charge in [-0.15, -0.1) is 0 Å². The molecule has 3 aliphatic heterocycles. The van der Waals surface area contributed by atoms with E-state index < -0.39 is 16.9 Å². The Kier molecular flexibility index (Phi) is 5.00. The van der Waals surface area contributed by atoms with E-state index in [0.717, 1.165) is 11.1 Å². The topological polar surface area (TPSA) is 79.0 Å². The molecule has 3 amide bonds. The molecular weight excluding hydrogens is 478 g/mol. The van der Waals surface area contributed by atoms with Gasteiger partial charge in [0, 0.05) is 35.2 Å². The van der Waals surface area contributed by atoms with Crippen LogP contribution in [0.1, 0.15) is 23.5 Å². The van der Waals surface area contributed by atoms with Crippen molar-refractivity contribution in [3.8, 4) is 5.75 Å². The number of rotatable bonds is 3. The van der Waals surface area contributed by atoms with Crippen LogP contribution in [0.2, 0.25) is 5.02 Å². The number of nitrogens with one attached hydrogen (secondary N) is 1. The van der Waals surface area contributed by atoms with Gasteiger partial charge in [-0.3, -0.25) is 19.3 Å². The third-order valence-electron chi connectivity index (χ3n) is 7.90. The predicted octanol–water partition coefficient (Wildman–Crippen LogP) is 4.18. The summed E-state index contributed by atoms with van der Waals surface area (Å²) in [5, 5.41) is 3.58. The number of carbonyl (C=O) groups is 3. The number of halogens is 1. The van der Waals surface area contributed by atoms with Crippen molar-refractivity contribution in [2.24, 2.45) is 5.41 Å². The summed E-state index contributed by atoms with van der Waals surface area (Å²) in [6.07, 6.45) is -0.00725. The predicted molar refractivity (Wildman–Crippen MR) is 136 cm³/mol. The minimum atomic E-state index is -1.16. The Morgan fingerprint density at radius 2 is 1.67 bits per heavy atom. The number of anilines is 2.